The molecule has 0 radical (unpaired) electrons. The fourth-order valence-corrected chi connectivity index (χ4v) is 3.42. The molecule has 4 rings (SSSR count). The van der Waals surface area contributed by atoms with Crippen molar-refractivity contribution < 1.29 is 18.7 Å². The number of carbonyl (C=O) groups is 1. The van der Waals surface area contributed by atoms with Crippen LogP contribution in [0.25, 0.3) is 17.0 Å². The first-order valence-electron chi connectivity index (χ1n) is 10.3. The van der Waals surface area contributed by atoms with Crippen LogP contribution in [0, 0.1) is 20.8 Å². The summed E-state index contributed by atoms with van der Waals surface area (Å²) in [4.78, 5) is 25.0. The number of fused-ring (bicyclic) bond motifs is 1. The van der Waals surface area contributed by atoms with Gasteiger partial charge in [-0.05, 0) is 67.8 Å². The lowest BCUT2D eigenvalue weighted by molar-refractivity contribution is -0.128. The van der Waals surface area contributed by atoms with E-state index in [2.05, 4.69) is 0 Å². The van der Waals surface area contributed by atoms with E-state index < -0.39 is 5.97 Å². The molecule has 1 aromatic heterocycles. The summed E-state index contributed by atoms with van der Waals surface area (Å²) in [5.74, 6) is 0.272. The molecule has 3 aromatic carbocycles. The molecule has 0 fully saturated rings. The van der Waals surface area contributed by atoms with Gasteiger partial charge in [0.15, 0.2) is 0 Å². The van der Waals surface area contributed by atoms with E-state index in [-0.39, 0.29) is 22.5 Å². The van der Waals surface area contributed by atoms with Crippen molar-refractivity contribution in [1.82, 2.24) is 0 Å². The Hall–Kier alpha value is -3.83. The third-order valence-electron chi connectivity index (χ3n) is 5.06. The number of aryl methyl sites for hydroxylation is 3. The van der Waals surface area contributed by atoms with Crippen LogP contribution < -0.4 is 14.9 Å². The Kier molecular flexibility index (Phi) is 6.33. The molecule has 0 atom stereocenters. The van der Waals surface area contributed by atoms with Gasteiger partial charge in [0.2, 0.25) is 11.2 Å². The highest BCUT2D eigenvalue weighted by Crippen LogP contribution is 2.29. The number of hydrogen-bond acceptors (Lipinski definition) is 5. The lowest BCUT2D eigenvalue weighted by Gasteiger charge is -2.09. The molecule has 0 amide bonds. The maximum Gasteiger partial charge on any atom is 0.336 e. The van der Waals surface area contributed by atoms with Gasteiger partial charge in [0.05, 0.1) is 5.39 Å². The third-order valence-corrected chi connectivity index (χ3v) is 5.66. The summed E-state index contributed by atoms with van der Waals surface area (Å²) in [7, 11) is 0. The van der Waals surface area contributed by atoms with Gasteiger partial charge < -0.3 is 13.9 Å². The topological polar surface area (TPSA) is 65.7 Å². The highest BCUT2D eigenvalue weighted by Gasteiger charge is 2.12. The fourth-order valence-electron chi connectivity index (χ4n) is 3.31. The van der Waals surface area contributed by atoms with Gasteiger partial charge in [0, 0.05) is 17.2 Å². The molecule has 0 unspecified atom stereocenters. The molecule has 4 aromatic rings. The maximum atomic E-state index is 12.9. The quantitative estimate of drug-likeness (QED) is 0.186. The number of carbonyl (C=O) groups excluding carboxylic acids is 1. The summed E-state index contributed by atoms with van der Waals surface area (Å²) in [6.45, 7) is 5.72. The summed E-state index contributed by atoms with van der Waals surface area (Å²) in [5.41, 5.74) is 3.67. The molecule has 0 aliphatic rings. The van der Waals surface area contributed by atoms with E-state index >= 15 is 0 Å². The zero-order valence-electron chi connectivity index (χ0n) is 18.3. The van der Waals surface area contributed by atoms with Crippen molar-refractivity contribution in [2.24, 2.45) is 0 Å². The highest BCUT2D eigenvalue weighted by atomic mass is 35.5. The first-order valence-corrected chi connectivity index (χ1v) is 10.6. The number of halogens is 1. The van der Waals surface area contributed by atoms with Crippen molar-refractivity contribution in [2.45, 2.75) is 20.8 Å². The van der Waals surface area contributed by atoms with Crippen molar-refractivity contribution in [2.75, 3.05) is 0 Å². The second-order valence-corrected chi connectivity index (χ2v) is 8.10. The average Bonchev–Trinajstić information content (AvgIpc) is 2.79. The van der Waals surface area contributed by atoms with Crippen LogP contribution in [0.3, 0.4) is 0 Å². The molecule has 5 nitrogen and oxygen atoms in total. The zero-order chi connectivity index (χ0) is 23.5. The number of esters is 1. The predicted octanol–water partition coefficient (Wildman–Crippen LogP) is 6.78. The Morgan fingerprint density at radius 1 is 0.939 bits per heavy atom. The predicted molar refractivity (Wildman–Crippen MR) is 129 cm³/mol. The van der Waals surface area contributed by atoms with Crippen LogP contribution in [-0.4, -0.2) is 5.97 Å². The number of ether oxygens (including phenoxy) is 2. The Balaban J connectivity index is 1.52. The van der Waals surface area contributed by atoms with Gasteiger partial charge in [0.25, 0.3) is 0 Å². The fraction of sp³-hybridized carbons (Fsp3) is 0.111. The van der Waals surface area contributed by atoms with Gasteiger partial charge in [-0.3, -0.25) is 4.79 Å². The Morgan fingerprint density at radius 3 is 2.33 bits per heavy atom. The van der Waals surface area contributed by atoms with Gasteiger partial charge in [-0.2, -0.15) is 0 Å². The molecular weight excluding hydrogens is 440 g/mol. The molecule has 166 valence electrons. The van der Waals surface area contributed by atoms with Gasteiger partial charge in [-0.25, -0.2) is 4.79 Å². The van der Waals surface area contributed by atoms with Crippen LogP contribution in [0.2, 0.25) is 5.02 Å². The third kappa shape index (κ3) is 5.16. The number of benzene rings is 3. The average molecular weight is 461 g/mol. The van der Waals surface area contributed by atoms with Crippen molar-refractivity contribution >= 4 is 34.6 Å². The summed E-state index contributed by atoms with van der Waals surface area (Å²) in [5, 5.41) is 0.966. The number of hydrogen-bond donors (Lipinski definition) is 0. The minimum atomic E-state index is -0.536. The molecule has 0 aliphatic carbocycles. The van der Waals surface area contributed by atoms with E-state index in [0.717, 1.165) is 22.3 Å². The van der Waals surface area contributed by atoms with Gasteiger partial charge in [-0.15, -0.1) is 0 Å². The summed E-state index contributed by atoms with van der Waals surface area (Å²) in [6, 6.07) is 15.8. The molecule has 0 saturated carbocycles. The van der Waals surface area contributed by atoms with Crippen molar-refractivity contribution in [1.29, 1.82) is 0 Å². The van der Waals surface area contributed by atoms with E-state index in [1.165, 1.54) is 24.5 Å². The standard InChI is InChI=1S/C27H21ClO5/c1-16-4-6-19(7-5-16)8-11-25(29)33-20-9-10-22-23(14-20)31-15-24(27(22)30)32-21-12-17(2)26(28)18(3)13-21/h4-15H,1-3H3/b11-8+. The van der Waals surface area contributed by atoms with E-state index in [1.807, 2.05) is 45.0 Å². The molecule has 0 N–H and O–H groups in total. The molecular formula is C27H21ClO5. The molecule has 0 saturated heterocycles. The second-order valence-electron chi connectivity index (χ2n) is 7.73. The van der Waals surface area contributed by atoms with E-state index in [1.54, 1.807) is 24.3 Å². The van der Waals surface area contributed by atoms with Crippen LogP contribution in [0.5, 0.6) is 17.2 Å². The van der Waals surface area contributed by atoms with E-state index in [4.69, 9.17) is 25.5 Å². The van der Waals surface area contributed by atoms with E-state index in [9.17, 15) is 9.59 Å². The Bertz CT molecular complexity index is 1410. The monoisotopic (exact) mass is 460 g/mol. The van der Waals surface area contributed by atoms with Gasteiger partial charge >= 0.3 is 5.97 Å². The molecule has 0 spiro atoms. The lowest BCUT2D eigenvalue weighted by atomic mass is 10.1. The highest BCUT2D eigenvalue weighted by molar-refractivity contribution is 6.32. The maximum absolute atomic E-state index is 12.9. The van der Waals surface area contributed by atoms with Gasteiger partial charge in [0.1, 0.15) is 23.3 Å². The molecule has 6 heteroatoms. The Labute approximate surface area is 195 Å². The minimum absolute atomic E-state index is 0.0504. The smallest absolute Gasteiger partial charge is 0.336 e. The van der Waals surface area contributed by atoms with Crippen molar-refractivity contribution in [3.63, 3.8) is 0 Å². The van der Waals surface area contributed by atoms with Crippen molar-refractivity contribution in [3.8, 4) is 17.2 Å². The first-order chi connectivity index (χ1) is 15.8. The molecule has 0 aliphatic heterocycles. The lowest BCUT2D eigenvalue weighted by Crippen LogP contribution is -2.06. The second kappa shape index (κ2) is 9.35. The number of rotatable bonds is 5. The summed E-state index contributed by atoms with van der Waals surface area (Å²) >= 11 is 6.19. The van der Waals surface area contributed by atoms with Gasteiger partial charge in [-0.1, -0.05) is 41.4 Å². The van der Waals surface area contributed by atoms with Crippen LogP contribution in [0.1, 0.15) is 22.3 Å². The normalized spacial score (nSPS) is 11.2. The zero-order valence-corrected chi connectivity index (χ0v) is 19.1. The molecule has 33 heavy (non-hydrogen) atoms. The largest absolute Gasteiger partial charge is 0.460 e. The van der Waals surface area contributed by atoms with Crippen LogP contribution in [0.15, 0.2) is 76.1 Å². The van der Waals surface area contributed by atoms with Crippen LogP contribution in [-0.2, 0) is 4.79 Å². The van der Waals surface area contributed by atoms with E-state index in [0.29, 0.717) is 16.2 Å². The SMILES string of the molecule is Cc1ccc(/C=C/C(=O)Oc2ccc3c(=O)c(Oc4cc(C)c(Cl)c(C)c4)coc3c2)cc1. The molecule has 0 bridgehead atoms. The van der Waals surface area contributed by atoms with Crippen LogP contribution >= 0.6 is 11.6 Å². The summed E-state index contributed by atoms with van der Waals surface area (Å²) < 4.78 is 16.7. The van der Waals surface area contributed by atoms with Crippen LogP contribution in [0.4, 0.5) is 0 Å². The first kappa shape index (κ1) is 22.4. The van der Waals surface area contributed by atoms with Crippen molar-refractivity contribution in [3.05, 3.63) is 104 Å². The minimum Gasteiger partial charge on any atom is -0.460 e. The summed E-state index contributed by atoms with van der Waals surface area (Å²) in [6.07, 6.45) is 4.26. The molecule has 1 heterocycles. The Morgan fingerprint density at radius 2 is 1.64 bits per heavy atom.